The summed E-state index contributed by atoms with van der Waals surface area (Å²) in [5.74, 6) is -1.05. The van der Waals surface area contributed by atoms with E-state index in [0.29, 0.717) is 12.2 Å². The molecule has 150 valence electrons. The zero-order chi connectivity index (χ0) is 20.8. The van der Waals surface area contributed by atoms with Crippen LogP contribution in [-0.2, 0) is 21.4 Å². The molecule has 0 saturated heterocycles. The molecule has 1 aliphatic heterocycles. The van der Waals surface area contributed by atoms with E-state index < -0.39 is 21.8 Å². The Kier molecular flexibility index (Phi) is 4.75. The van der Waals surface area contributed by atoms with Crippen molar-refractivity contribution < 1.29 is 18.0 Å². The van der Waals surface area contributed by atoms with Crippen LogP contribution in [0.25, 0.3) is 10.2 Å². The smallest absolute Gasteiger partial charge is 0.308 e. The molecule has 29 heavy (non-hydrogen) atoms. The topological polar surface area (TPSA) is 106 Å². The van der Waals surface area contributed by atoms with Gasteiger partial charge in [-0.05, 0) is 37.3 Å². The fourth-order valence-corrected chi connectivity index (χ4v) is 5.89. The molecule has 4 rings (SSSR count). The summed E-state index contributed by atoms with van der Waals surface area (Å²) in [6, 6.07) is 11.1. The SMILES string of the molecule is CCn1c(=O)sc2cc(NC(=O)CCN3C(=O)c4ccccc4S3(=O)=O)ccc21. The first-order chi connectivity index (χ1) is 13.8. The largest absolute Gasteiger partial charge is 0.326 e. The molecule has 0 spiro atoms. The van der Waals surface area contributed by atoms with Crippen molar-refractivity contribution in [2.45, 2.75) is 24.8 Å². The molecule has 1 N–H and O–H groups in total. The Hall–Kier alpha value is -2.98. The average molecular weight is 431 g/mol. The number of fused-ring (bicyclic) bond motifs is 2. The Labute approximate surface area is 170 Å². The average Bonchev–Trinajstić information content (AvgIpc) is 3.10. The van der Waals surface area contributed by atoms with Gasteiger partial charge in [0.2, 0.25) is 5.91 Å². The van der Waals surface area contributed by atoms with Crippen molar-refractivity contribution in [3.63, 3.8) is 0 Å². The Balaban J connectivity index is 1.47. The van der Waals surface area contributed by atoms with Crippen LogP contribution in [0.5, 0.6) is 0 Å². The van der Waals surface area contributed by atoms with Gasteiger partial charge in [0.1, 0.15) is 4.90 Å². The van der Waals surface area contributed by atoms with Gasteiger partial charge in [-0.2, -0.15) is 0 Å². The summed E-state index contributed by atoms with van der Waals surface area (Å²) in [7, 11) is -3.93. The van der Waals surface area contributed by atoms with Gasteiger partial charge in [0, 0.05) is 25.2 Å². The molecule has 2 heterocycles. The number of carbonyl (C=O) groups excluding carboxylic acids is 2. The molecular weight excluding hydrogens is 414 g/mol. The number of aryl methyl sites for hydroxylation is 1. The lowest BCUT2D eigenvalue weighted by atomic mass is 10.2. The van der Waals surface area contributed by atoms with Gasteiger partial charge in [0.05, 0.1) is 15.8 Å². The number of thiazole rings is 1. The molecule has 3 aromatic rings. The van der Waals surface area contributed by atoms with Crippen LogP contribution in [0.4, 0.5) is 5.69 Å². The molecule has 0 saturated carbocycles. The third-order valence-electron chi connectivity index (χ3n) is 4.72. The molecule has 0 atom stereocenters. The second-order valence-electron chi connectivity index (χ2n) is 6.47. The van der Waals surface area contributed by atoms with Gasteiger partial charge in [-0.1, -0.05) is 23.5 Å². The highest BCUT2D eigenvalue weighted by Crippen LogP contribution is 2.30. The molecular formula is C19H17N3O5S2. The monoisotopic (exact) mass is 431 g/mol. The van der Waals surface area contributed by atoms with E-state index in [1.165, 1.54) is 12.1 Å². The minimum atomic E-state index is -3.93. The van der Waals surface area contributed by atoms with Gasteiger partial charge in [-0.3, -0.25) is 19.0 Å². The first-order valence-corrected chi connectivity index (χ1v) is 11.2. The Bertz CT molecular complexity index is 1310. The highest BCUT2D eigenvalue weighted by Gasteiger charge is 2.40. The number of amides is 2. The summed E-state index contributed by atoms with van der Waals surface area (Å²) >= 11 is 1.10. The number of anilines is 1. The highest BCUT2D eigenvalue weighted by molar-refractivity contribution is 7.90. The molecule has 2 amide bonds. The molecule has 1 aromatic heterocycles. The normalized spacial score (nSPS) is 14.9. The zero-order valence-electron chi connectivity index (χ0n) is 15.4. The first kappa shape index (κ1) is 19.3. The van der Waals surface area contributed by atoms with Crippen LogP contribution >= 0.6 is 11.3 Å². The van der Waals surface area contributed by atoms with Crippen molar-refractivity contribution in [3.05, 3.63) is 57.7 Å². The van der Waals surface area contributed by atoms with E-state index >= 15 is 0 Å². The van der Waals surface area contributed by atoms with E-state index in [2.05, 4.69) is 5.32 Å². The van der Waals surface area contributed by atoms with Gasteiger partial charge < -0.3 is 5.32 Å². The Morgan fingerprint density at radius 3 is 2.62 bits per heavy atom. The summed E-state index contributed by atoms with van der Waals surface area (Å²) in [6.45, 7) is 2.20. The predicted molar refractivity (Wildman–Crippen MR) is 110 cm³/mol. The first-order valence-electron chi connectivity index (χ1n) is 8.92. The van der Waals surface area contributed by atoms with Gasteiger partial charge in [-0.15, -0.1) is 0 Å². The van der Waals surface area contributed by atoms with Crippen molar-refractivity contribution in [2.24, 2.45) is 0 Å². The maximum atomic E-state index is 12.5. The molecule has 1 aliphatic rings. The summed E-state index contributed by atoms with van der Waals surface area (Å²) in [5.41, 5.74) is 1.42. The van der Waals surface area contributed by atoms with Crippen molar-refractivity contribution >= 4 is 49.1 Å². The molecule has 0 radical (unpaired) electrons. The van der Waals surface area contributed by atoms with Crippen molar-refractivity contribution in [3.8, 4) is 0 Å². The molecule has 0 unspecified atom stereocenters. The molecule has 0 fully saturated rings. The fraction of sp³-hybridized carbons (Fsp3) is 0.211. The summed E-state index contributed by atoms with van der Waals surface area (Å²) in [4.78, 5) is 36.5. The van der Waals surface area contributed by atoms with E-state index in [0.717, 1.165) is 25.9 Å². The van der Waals surface area contributed by atoms with Crippen LogP contribution in [0.15, 0.2) is 52.2 Å². The van der Waals surface area contributed by atoms with Crippen LogP contribution < -0.4 is 10.2 Å². The number of sulfonamides is 1. The maximum absolute atomic E-state index is 12.5. The minimum absolute atomic E-state index is 0.0359. The van der Waals surface area contributed by atoms with Gasteiger partial charge in [0.25, 0.3) is 15.9 Å². The third kappa shape index (κ3) is 3.23. The lowest BCUT2D eigenvalue weighted by Crippen LogP contribution is -2.33. The Morgan fingerprint density at radius 1 is 1.14 bits per heavy atom. The maximum Gasteiger partial charge on any atom is 0.308 e. The number of carbonyl (C=O) groups is 2. The van der Waals surface area contributed by atoms with Crippen LogP contribution in [-0.4, -0.2) is 35.6 Å². The lowest BCUT2D eigenvalue weighted by molar-refractivity contribution is -0.116. The highest BCUT2D eigenvalue weighted by atomic mass is 32.2. The van der Waals surface area contributed by atoms with E-state index in [1.807, 2.05) is 6.92 Å². The molecule has 10 heteroatoms. The van der Waals surface area contributed by atoms with Gasteiger partial charge >= 0.3 is 4.87 Å². The quantitative estimate of drug-likeness (QED) is 0.667. The molecule has 0 aliphatic carbocycles. The number of benzene rings is 2. The fourth-order valence-electron chi connectivity index (χ4n) is 3.32. The van der Waals surface area contributed by atoms with E-state index in [9.17, 15) is 22.8 Å². The van der Waals surface area contributed by atoms with Crippen molar-refractivity contribution in [1.29, 1.82) is 0 Å². The van der Waals surface area contributed by atoms with E-state index in [4.69, 9.17) is 0 Å². The number of hydrogen-bond donors (Lipinski definition) is 1. The minimum Gasteiger partial charge on any atom is -0.326 e. The van der Waals surface area contributed by atoms with Gasteiger partial charge in [-0.25, -0.2) is 12.7 Å². The third-order valence-corrected chi connectivity index (χ3v) is 7.50. The second kappa shape index (κ2) is 7.12. The zero-order valence-corrected chi connectivity index (χ0v) is 17.0. The van der Waals surface area contributed by atoms with Crippen LogP contribution in [0, 0.1) is 0 Å². The van der Waals surface area contributed by atoms with Crippen LogP contribution in [0.1, 0.15) is 23.7 Å². The van der Waals surface area contributed by atoms with Gasteiger partial charge in [0.15, 0.2) is 0 Å². The van der Waals surface area contributed by atoms with E-state index in [-0.39, 0.29) is 28.3 Å². The summed E-state index contributed by atoms with van der Waals surface area (Å²) < 4.78 is 28.2. The Morgan fingerprint density at radius 2 is 1.90 bits per heavy atom. The predicted octanol–water partition coefficient (Wildman–Crippen LogP) is 2.26. The molecule has 2 aromatic carbocycles. The van der Waals surface area contributed by atoms with E-state index in [1.54, 1.807) is 34.9 Å². The van der Waals surface area contributed by atoms with Crippen molar-refractivity contribution in [1.82, 2.24) is 8.87 Å². The number of aromatic nitrogens is 1. The number of nitrogens with zero attached hydrogens (tertiary/aromatic N) is 2. The second-order valence-corrected chi connectivity index (χ2v) is 9.30. The number of nitrogens with one attached hydrogen (secondary N) is 1. The van der Waals surface area contributed by atoms with Crippen LogP contribution in [0.2, 0.25) is 0 Å². The van der Waals surface area contributed by atoms with Crippen LogP contribution in [0.3, 0.4) is 0 Å². The lowest BCUT2D eigenvalue weighted by Gasteiger charge is -2.14. The molecule has 8 nitrogen and oxygen atoms in total. The number of hydrogen-bond acceptors (Lipinski definition) is 6. The van der Waals surface area contributed by atoms with Crippen molar-refractivity contribution in [2.75, 3.05) is 11.9 Å². The summed E-state index contributed by atoms with van der Waals surface area (Å²) in [5, 5.41) is 2.69. The standard InChI is InChI=1S/C19H17N3O5S2/c1-2-21-14-8-7-12(11-15(14)28-19(21)25)20-17(23)9-10-22-18(24)13-5-3-4-6-16(13)29(22,26)27/h3-8,11H,2,9-10H2,1H3,(H,20,23). The summed E-state index contributed by atoms with van der Waals surface area (Å²) in [6.07, 6.45) is -0.177. The number of rotatable bonds is 5. The molecule has 0 bridgehead atoms.